The van der Waals surface area contributed by atoms with E-state index in [4.69, 9.17) is 0 Å². The normalized spacial score (nSPS) is 27.9. The van der Waals surface area contributed by atoms with Crippen molar-refractivity contribution in [2.45, 2.75) is 26.8 Å². The number of piperidine rings is 1. The summed E-state index contributed by atoms with van der Waals surface area (Å²) >= 11 is 0. The van der Waals surface area contributed by atoms with Crippen LogP contribution in [0.1, 0.15) is 19.0 Å². The molecule has 2 atom stereocenters. The predicted molar refractivity (Wildman–Crippen MR) is 57.1 cm³/mol. The van der Waals surface area contributed by atoms with E-state index in [-0.39, 0.29) is 0 Å². The van der Waals surface area contributed by atoms with Crippen LogP contribution < -0.4 is 5.32 Å². The van der Waals surface area contributed by atoms with E-state index in [0.717, 1.165) is 30.6 Å². The monoisotopic (exact) mass is 193 g/mol. The lowest BCUT2D eigenvalue weighted by Gasteiger charge is -2.27. The van der Waals surface area contributed by atoms with Crippen LogP contribution in [0, 0.1) is 18.8 Å². The maximum absolute atomic E-state index is 4.42. The summed E-state index contributed by atoms with van der Waals surface area (Å²) in [6, 6.07) is 2.07. The van der Waals surface area contributed by atoms with Gasteiger partial charge in [0.15, 0.2) is 0 Å². The SMILES string of the molecule is Cc1ccn(CC2CNCC(C)C2)n1. The number of nitrogens with zero attached hydrogens (tertiary/aromatic N) is 2. The number of hydrogen-bond acceptors (Lipinski definition) is 2. The first-order valence-corrected chi connectivity index (χ1v) is 5.45. The molecule has 3 nitrogen and oxygen atoms in total. The van der Waals surface area contributed by atoms with Crippen LogP contribution >= 0.6 is 0 Å². The molecule has 2 heterocycles. The van der Waals surface area contributed by atoms with Gasteiger partial charge in [-0.25, -0.2) is 0 Å². The van der Waals surface area contributed by atoms with Gasteiger partial charge in [-0.05, 0) is 44.3 Å². The highest BCUT2D eigenvalue weighted by Gasteiger charge is 2.18. The fourth-order valence-electron chi connectivity index (χ4n) is 2.24. The molecule has 0 radical (unpaired) electrons. The van der Waals surface area contributed by atoms with Crippen LogP contribution in [0.2, 0.25) is 0 Å². The maximum atomic E-state index is 4.42. The van der Waals surface area contributed by atoms with Crippen LogP contribution in [0.4, 0.5) is 0 Å². The number of hydrogen-bond donors (Lipinski definition) is 1. The van der Waals surface area contributed by atoms with Crippen molar-refractivity contribution in [1.29, 1.82) is 0 Å². The molecule has 1 fully saturated rings. The van der Waals surface area contributed by atoms with E-state index in [1.807, 2.05) is 6.92 Å². The molecule has 1 saturated heterocycles. The minimum atomic E-state index is 0.748. The molecule has 0 aromatic carbocycles. The largest absolute Gasteiger partial charge is 0.316 e. The molecule has 0 aliphatic carbocycles. The number of aromatic nitrogens is 2. The first-order valence-electron chi connectivity index (χ1n) is 5.45. The van der Waals surface area contributed by atoms with Gasteiger partial charge in [-0.15, -0.1) is 0 Å². The van der Waals surface area contributed by atoms with Gasteiger partial charge in [-0.3, -0.25) is 4.68 Å². The molecule has 3 heteroatoms. The smallest absolute Gasteiger partial charge is 0.0593 e. The molecule has 0 amide bonds. The molecule has 1 aliphatic heterocycles. The maximum Gasteiger partial charge on any atom is 0.0593 e. The molecule has 0 spiro atoms. The molecular formula is C11H19N3. The Kier molecular flexibility index (Phi) is 2.87. The molecule has 1 aromatic heterocycles. The third-order valence-electron chi connectivity index (χ3n) is 2.88. The standard InChI is InChI=1S/C11H19N3/c1-9-5-11(7-12-6-9)8-14-4-3-10(2)13-14/h3-4,9,11-12H,5-8H2,1-2H3. The molecule has 14 heavy (non-hydrogen) atoms. The second-order valence-electron chi connectivity index (χ2n) is 4.54. The average Bonchev–Trinajstić information content (AvgIpc) is 2.51. The van der Waals surface area contributed by atoms with E-state index in [9.17, 15) is 0 Å². The third kappa shape index (κ3) is 2.35. The Morgan fingerprint density at radius 1 is 1.57 bits per heavy atom. The van der Waals surface area contributed by atoms with Gasteiger partial charge < -0.3 is 5.32 Å². The van der Waals surface area contributed by atoms with Crippen LogP contribution in [0.5, 0.6) is 0 Å². The van der Waals surface area contributed by atoms with Crippen LogP contribution in [0.15, 0.2) is 12.3 Å². The highest BCUT2D eigenvalue weighted by atomic mass is 15.3. The minimum absolute atomic E-state index is 0.748. The molecule has 1 aromatic rings. The van der Waals surface area contributed by atoms with Crippen LogP contribution in [0.3, 0.4) is 0 Å². The van der Waals surface area contributed by atoms with Gasteiger partial charge in [0, 0.05) is 12.7 Å². The summed E-state index contributed by atoms with van der Waals surface area (Å²) < 4.78 is 2.07. The zero-order chi connectivity index (χ0) is 9.97. The van der Waals surface area contributed by atoms with Gasteiger partial charge in [0.2, 0.25) is 0 Å². The quantitative estimate of drug-likeness (QED) is 0.770. The van der Waals surface area contributed by atoms with Gasteiger partial charge in [0.1, 0.15) is 0 Å². The van der Waals surface area contributed by atoms with Crippen molar-refractivity contribution in [3.8, 4) is 0 Å². The fraction of sp³-hybridized carbons (Fsp3) is 0.727. The topological polar surface area (TPSA) is 29.9 Å². The van der Waals surface area contributed by atoms with Gasteiger partial charge in [-0.1, -0.05) is 6.92 Å². The van der Waals surface area contributed by atoms with E-state index in [2.05, 4.69) is 34.3 Å². The van der Waals surface area contributed by atoms with E-state index in [1.54, 1.807) is 0 Å². The lowest BCUT2D eigenvalue weighted by Crippen LogP contribution is -2.36. The summed E-state index contributed by atoms with van der Waals surface area (Å²) in [5, 5.41) is 7.89. The van der Waals surface area contributed by atoms with E-state index < -0.39 is 0 Å². The second kappa shape index (κ2) is 4.13. The van der Waals surface area contributed by atoms with Crippen molar-refractivity contribution in [2.24, 2.45) is 11.8 Å². The van der Waals surface area contributed by atoms with Crippen LogP contribution in [-0.4, -0.2) is 22.9 Å². The Labute approximate surface area is 85.5 Å². The number of rotatable bonds is 2. The fourth-order valence-corrected chi connectivity index (χ4v) is 2.24. The van der Waals surface area contributed by atoms with Crippen LogP contribution in [-0.2, 0) is 6.54 Å². The van der Waals surface area contributed by atoms with Crippen LogP contribution in [0.25, 0.3) is 0 Å². The first kappa shape index (κ1) is 9.71. The molecule has 0 saturated carbocycles. The van der Waals surface area contributed by atoms with Crippen molar-refractivity contribution < 1.29 is 0 Å². The predicted octanol–water partition coefficient (Wildman–Crippen LogP) is 1.44. The highest BCUT2D eigenvalue weighted by Crippen LogP contribution is 2.17. The Bertz CT molecular complexity index is 292. The summed E-state index contributed by atoms with van der Waals surface area (Å²) in [7, 11) is 0. The minimum Gasteiger partial charge on any atom is -0.316 e. The molecule has 0 bridgehead atoms. The van der Waals surface area contributed by atoms with Crippen molar-refractivity contribution in [3.63, 3.8) is 0 Å². The Morgan fingerprint density at radius 2 is 2.43 bits per heavy atom. The molecule has 78 valence electrons. The lowest BCUT2D eigenvalue weighted by molar-refractivity contribution is 0.268. The molecular weight excluding hydrogens is 174 g/mol. The summed E-state index contributed by atoms with van der Waals surface area (Å²) in [4.78, 5) is 0. The van der Waals surface area contributed by atoms with Gasteiger partial charge >= 0.3 is 0 Å². The Balaban J connectivity index is 1.90. The molecule has 2 rings (SSSR count). The van der Waals surface area contributed by atoms with Gasteiger partial charge in [-0.2, -0.15) is 5.10 Å². The molecule has 2 unspecified atom stereocenters. The summed E-state index contributed by atoms with van der Waals surface area (Å²) in [6.07, 6.45) is 3.40. The summed E-state index contributed by atoms with van der Waals surface area (Å²) in [5.74, 6) is 1.56. The third-order valence-corrected chi connectivity index (χ3v) is 2.88. The first-order chi connectivity index (χ1) is 6.74. The van der Waals surface area contributed by atoms with Crippen molar-refractivity contribution in [2.75, 3.05) is 13.1 Å². The lowest BCUT2D eigenvalue weighted by atomic mass is 9.92. The van der Waals surface area contributed by atoms with Crippen molar-refractivity contribution in [1.82, 2.24) is 15.1 Å². The number of nitrogens with one attached hydrogen (secondary N) is 1. The van der Waals surface area contributed by atoms with E-state index in [0.29, 0.717) is 0 Å². The van der Waals surface area contributed by atoms with Crippen molar-refractivity contribution in [3.05, 3.63) is 18.0 Å². The zero-order valence-corrected chi connectivity index (χ0v) is 9.03. The molecule has 1 aliphatic rings. The zero-order valence-electron chi connectivity index (χ0n) is 9.03. The average molecular weight is 193 g/mol. The van der Waals surface area contributed by atoms with E-state index in [1.165, 1.54) is 13.0 Å². The summed E-state index contributed by atoms with van der Waals surface area (Å²) in [6.45, 7) is 7.73. The highest BCUT2D eigenvalue weighted by molar-refractivity contribution is 4.95. The molecule has 1 N–H and O–H groups in total. The summed E-state index contributed by atoms with van der Waals surface area (Å²) in [5.41, 5.74) is 1.11. The number of aryl methyl sites for hydroxylation is 1. The Hall–Kier alpha value is -0.830. The van der Waals surface area contributed by atoms with E-state index >= 15 is 0 Å². The Morgan fingerprint density at radius 3 is 3.07 bits per heavy atom. The van der Waals surface area contributed by atoms with Crippen molar-refractivity contribution >= 4 is 0 Å². The second-order valence-corrected chi connectivity index (χ2v) is 4.54. The van der Waals surface area contributed by atoms with Gasteiger partial charge in [0.05, 0.1) is 5.69 Å². The van der Waals surface area contributed by atoms with Gasteiger partial charge in [0.25, 0.3) is 0 Å².